The third kappa shape index (κ3) is 6.56. The van der Waals surface area contributed by atoms with Crippen molar-refractivity contribution in [3.8, 4) is 5.75 Å². The van der Waals surface area contributed by atoms with Gasteiger partial charge in [-0.1, -0.05) is 43.4 Å². The fourth-order valence-electron chi connectivity index (χ4n) is 2.95. The highest BCUT2D eigenvalue weighted by Crippen LogP contribution is 2.23. The highest BCUT2D eigenvalue weighted by atomic mass is 35.5. The number of carbonyl (C=O) groups excluding carboxylic acids is 1. The lowest BCUT2D eigenvalue weighted by Gasteiger charge is -2.34. The summed E-state index contributed by atoms with van der Waals surface area (Å²) >= 11 is 0. The minimum atomic E-state index is -0.378. The van der Waals surface area contributed by atoms with Crippen LogP contribution in [0, 0.1) is 0 Å². The molecule has 0 aromatic heterocycles. The van der Waals surface area contributed by atoms with E-state index in [0.717, 1.165) is 19.3 Å². The molecule has 1 aromatic rings. The SMILES string of the molecule is CC[C@]1(N[C@H](C)Cc2ccc(OCC(=O)OC)cc2)C=CC=CC1.Cl. The maximum Gasteiger partial charge on any atom is 0.343 e. The first-order chi connectivity index (χ1) is 11.6. The smallest absolute Gasteiger partial charge is 0.343 e. The number of carbonyl (C=O) groups is 1. The zero-order valence-corrected chi connectivity index (χ0v) is 16.0. The Morgan fingerprint density at radius 2 is 2.00 bits per heavy atom. The molecule has 1 N–H and O–H groups in total. The highest BCUT2D eigenvalue weighted by Gasteiger charge is 2.26. The molecule has 0 saturated heterocycles. The average molecular weight is 366 g/mol. The van der Waals surface area contributed by atoms with Crippen LogP contribution in [-0.2, 0) is 16.0 Å². The van der Waals surface area contributed by atoms with Crippen molar-refractivity contribution in [2.24, 2.45) is 0 Å². The van der Waals surface area contributed by atoms with Crippen molar-refractivity contribution in [1.82, 2.24) is 5.32 Å². The lowest BCUT2D eigenvalue weighted by molar-refractivity contribution is -0.142. The molecule has 2 rings (SSSR count). The number of ether oxygens (including phenoxy) is 2. The van der Waals surface area contributed by atoms with Crippen LogP contribution in [0.4, 0.5) is 0 Å². The van der Waals surface area contributed by atoms with Crippen LogP contribution < -0.4 is 10.1 Å². The predicted molar refractivity (Wildman–Crippen MR) is 103 cm³/mol. The van der Waals surface area contributed by atoms with Gasteiger partial charge in [-0.05, 0) is 43.9 Å². The van der Waals surface area contributed by atoms with Gasteiger partial charge in [-0.2, -0.15) is 0 Å². The van der Waals surface area contributed by atoms with Crippen LogP contribution in [0.15, 0.2) is 48.6 Å². The molecule has 0 amide bonds. The zero-order valence-electron chi connectivity index (χ0n) is 15.2. The van der Waals surface area contributed by atoms with Crippen LogP contribution in [-0.4, -0.2) is 31.3 Å². The van der Waals surface area contributed by atoms with Gasteiger partial charge in [0.05, 0.1) is 7.11 Å². The Morgan fingerprint density at radius 1 is 1.28 bits per heavy atom. The Kier molecular flexibility index (Phi) is 8.73. The molecule has 1 aromatic carbocycles. The standard InChI is InChI=1S/C20H27NO3.ClH/c1-4-20(12-6-5-7-13-20)21-16(2)14-17-8-10-18(11-9-17)24-15-19(22)23-3;/h5-12,16,21H,4,13-15H2,1-3H3;1H/t16-,20+;/m1./s1. The summed E-state index contributed by atoms with van der Waals surface area (Å²) in [6.45, 7) is 4.37. The molecule has 5 heteroatoms. The second kappa shape index (κ2) is 10.3. The van der Waals surface area contributed by atoms with Crippen molar-refractivity contribution in [3.63, 3.8) is 0 Å². The fourth-order valence-corrected chi connectivity index (χ4v) is 2.95. The first kappa shape index (κ1) is 21.3. The summed E-state index contributed by atoms with van der Waals surface area (Å²) in [5.41, 5.74) is 1.31. The van der Waals surface area contributed by atoms with Crippen LogP contribution in [0.25, 0.3) is 0 Å². The van der Waals surface area contributed by atoms with E-state index in [9.17, 15) is 4.79 Å². The minimum absolute atomic E-state index is 0. The van der Waals surface area contributed by atoms with Crippen molar-refractivity contribution in [1.29, 1.82) is 0 Å². The van der Waals surface area contributed by atoms with Gasteiger partial charge in [0.2, 0.25) is 0 Å². The molecule has 138 valence electrons. The molecule has 2 atom stereocenters. The number of rotatable bonds is 8. The quantitative estimate of drug-likeness (QED) is 0.711. The summed E-state index contributed by atoms with van der Waals surface area (Å²) in [4.78, 5) is 11.1. The molecule has 0 aliphatic heterocycles. The van der Waals surface area contributed by atoms with E-state index >= 15 is 0 Å². The van der Waals surface area contributed by atoms with Crippen LogP contribution in [0.2, 0.25) is 0 Å². The Labute approximate surface area is 156 Å². The number of halogens is 1. The Hall–Kier alpha value is -1.78. The van der Waals surface area contributed by atoms with Crippen molar-refractivity contribution in [2.75, 3.05) is 13.7 Å². The third-order valence-corrected chi connectivity index (χ3v) is 4.36. The van der Waals surface area contributed by atoms with E-state index in [4.69, 9.17) is 4.74 Å². The molecule has 0 unspecified atom stereocenters. The third-order valence-electron chi connectivity index (χ3n) is 4.36. The number of nitrogens with one attached hydrogen (secondary N) is 1. The first-order valence-corrected chi connectivity index (χ1v) is 8.47. The van der Waals surface area contributed by atoms with Gasteiger partial charge < -0.3 is 14.8 Å². The van der Waals surface area contributed by atoms with Crippen LogP contribution >= 0.6 is 12.4 Å². The summed E-state index contributed by atoms with van der Waals surface area (Å²) in [5.74, 6) is 0.298. The lowest BCUT2D eigenvalue weighted by Crippen LogP contribution is -2.48. The highest BCUT2D eigenvalue weighted by molar-refractivity contribution is 5.85. The van der Waals surface area contributed by atoms with E-state index in [1.807, 2.05) is 24.3 Å². The van der Waals surface area contributed by atoms with E-state index in [2.05, 4.69) is 48.2 Å². The molecule has 0 saturated carbocycles. The second-order valence-corrected chi connectivity index (χ2v) is 6.26. The Balaban J connectivity index is 0.00000312. The maximum absolute atomic E-state index is 11.1. The van der Waals surface area contributed by atoms with Crippen molar-refractivity contribution >= 4 is 18.4 Å². The zero-order chi connectivity index (χ0) is 17.4. The van der Waals surface area contributed by atoms with Gasteiger partial charge >= 0.3 is 5.97 Å². The van der Waals surface area contributed by atoms with Crippen molar-refractivity contribution in [2.45, 2.75) is 44.7 Å². The van der Waals surface area contributed by atoms with E-state index in [-0.39, 0.29) is 30.5 Å². The summed E-state index contributed by atoms with van der Waals surface area (Å²) in [6.07, 6.45) is 11.8. The molecular formula is C20H28ClNO3. The van der Waals surface area contributed by atoms with Gasteiger partial charge in [-0.3, -0.25) is 0 Å². The predicted octanol–water partition coefficient (Wildman–Crippen LogP) is 3.85. The van der Waals surface area contributed by atoms with Crippen LogP contribution in [0.1, 0.15) is 32.3 Å². The van der Waals surface area contributed by atoms with Crippen LogP contribution in [0.5, 0.6) is 5.75 Å². The maximum atomic E-state index is 11.1. The normalized spacial score (nSPS) is 19.8. The molecule has 4 nitrogen and oxygen atoms in total. The molecule has 0 bridgehead atoms. The molecule has 0 spiro atoms. The number of methoxy groups -OCH3 is 1. The molecule has 1 aliphatic rings. The van der Waals surface area contributed by atoms with Gasteiger partial charge in [-0.25, -0.2) is 4.79 Å². The summed E-state index contributed by atoms with van der Waals surface area (Å²) in [5, 5.41) is 3.76. The van der Waals surface area contributed by atoms with Crippen LogP contribution in [0.3, 0.4) is 0 Å². The van der Waals surface area contributed by atoms with E-state index in [0.29, 0.717) is 11.8 Å². The van der Waals surface area contributed by atoms with Gasteiger partial charge in [0, 0.05) is 11.6 Å². The molecule has 0 radical (unpaired) electrons. The fraction of sp³-hybridized carbons (Fsp3) is 0.450. The first-order valence-electron chi connectivity index (χ1n) is 8.47. The van der Waals surface area contributed by atoms with Crippen molar-refractivity contribution < 1.29 is 14.3 Å². The summed E-state index contributed by atoms with van der Waals surface area (Å²) in [6, 6.07) is 8.23. The molecule has 1 aliphatic carbocycles. The topological polar surface area (TPSA) is 47.6 Å². The monoisotopic (exact) mass is 365 g/mol. The number of hydrogen-bond donors (Lipinski definition) is 1. The van der Waals surface area contributed by atoms with Gasteiger partial charge in [0.15, 0.2) is 6.61 Å². The number of benzene rings is 1. The average Bonchev–Trinajstić information content (AvgIpc) is 2.61. The Morgan fingerprint density at radius 3 is 2.56 bits per heavy atom. The van der Waals surface area contributed by atoms with E-state index in [1.165, 1.54) is 12.7 Å². The number of allylic oxidation sites excluding steroid dienone is 2. The van der Waals surface area contributed by atoms with E-state index in [1.54, 1.807) is 0 Å². The molecule has 0 heterocycles. The summed E-state index contributed by atoms with van der Waals surface area (Å²) in [7, 11) is 1.35. The molecule has 0 fully saturated rings. The lowest BCUT2D eigenvalue weighted by atomic mass is 9.87. The number of hydrogen-bond acceptors (Lipinski definition) is 4. The van der Waals surface area contributed by atoms with Gasteiger partial charge in [0.25, 0.3) is 0 Å². The number of esters is 1. The van der Waals surface area contributed by atoms with Gasteiger partial charge in [-0.15, -0.1) is 12.4 Å². The molecule has 25 heavy (non-hydrogen) atoms. The summed E-state index contributed by atoms with van der Waals surface area (Å²) < 4.78 is 9.92. The van der Waals surface area contributed by atoms with E-state index < -0.39 is 0 Å². The molecular weight excluding hydrogens is 338 g/mol. The largest absolute Gasteiger partial charge is 0.482 e. The Bertz CT molecular complexity index is 597. The second-order valence-electron chi connectivity index (χ2n) is 6.26. The van der Waals surface area contributed by atoms with Crippen molar-refractivity contribution in [3.05, 3.63) is 54.1 Å². The minimum Gasteiger partial charge on any atom is -0.482 e. The van der Waals surface area contributed by atoms with Gasteiger partial charge in [0.1, 0.15) is 5.75 Å².